The predicted molar refractivity (Wildman–Crippen MR) is 74.6 cm³/mol. The molecule has 0 saturated carbocycles. The number of aromatic nitrogens is 1. The number of carbonyl (C=O) groups is 2. The lowest BCUT2D eigenvalue weighted by molar-refractivity contribution is -0.116. The Kier molecular flexibility index (Phi) is 4.44. The molecule has 102 valence electrons. The zero-order valence-corrected chi connectivity index (χ0v) is 10.7. The molecule has 0 atom stereocenters. The number of amides is 1. The first-order valence-electron chi connectivity index (χ1n) is 6.19. The summed E-state index contributed by atoms with van der Waals surface area (Å²) in [5.41, 5.74) is 1.04. The quantitative estimate of drug-likeness (QED) is 0.874. The Labute approximate surface area is 116 Å². The van der Waals surface area contributed by atoms with Gasteiger partial charge in [0.1, 0.15) is 11.4 Å². The van der Waals surface area contributed by atoms with Gasteiger partial charge in [0.05, 0.1) is 0 Å². The number of nitrogens with zero attached hydrogens (tertiary/aromatic N) is 1. The fourth-order valence-electron chi connectivity index (χ4n) is 1.77. The number of nitrogens with one attached hydrogen (secondary N) is 1. The average Bonchev–Trinajstić information content (AvgIpc) is 2.46. The van der Waals surface area contributed by atoms with Crippen LogP contribution in [0.15, 0.2) is 48.7 Å². The Morgan fingerprint density at radius 1 is 1.10 bits per heavy atom. The van der Waals surface area contributed by atoms with Crippen molar-refractivity contribution in [3.05, 3.63) is 59.8 Å². The van der Waals surface area contributed by atoms with Crippen LogP contribution in [0.4, 0.5) is 5.82 Å². The van der Waals surface area contributed by atoms with Crippen LogP contribution >= 0.6 is 0 Å². The summed E-state index contributed by atoms with van der Waals surface area (Å²) in [5.74, 6) is -1.29. The maximum Gasteiger partial charge on any atom is 0.339 e. The van der Waals surface area contributed by atoms with E-state index in [1.165, 1.54) is 18.3 Å². The van der Waals surface area contributed by atoms with E-state index < -0.39 is 5.97 Å². The number of anilines is 1. The Hall–Kier alpha value is -2.69. The highest BCUT2D eigenvalue weighted by atomic mass is 16.4. The minimum absolute atomic E-state index is 0.0134. The van der Waals surface area contributed by atoms with Gasteiger partial charge in [0.15, 0.2) is 0 Å². The van der Waals surface area contributed by atoms with Gasteiger partial charge in [-0.15, -0.1) is 0 Å². The molecule has 1 heterocycles. The van der Waals surface area contributed by atoms with Crippen LogP contribution in [0.5, 0.6) is 0 Å². The summed E-state index contributed by atoms with van der Waals surface area (Å²) in [7, 11) is 0. The average molecular weight is 270 g/mol. The molecule has 0 spiro atoms. The Bertz CT molecular complexity index is 612. The lowest BCUT2D eigenvalue weighted by Gasteiger charge is -2.07. The minimum atomic E-state index is -1.11. The summed E-state index contributed by atoms with van der Waals surface area (Å²) in [6, 6.07) is 12.5. The lowest BCUT2D eigenvalue weighted by Crippen LogP contribution is -2.16. The third kappa shape index (κ3) is 3.65. The van der Waals surface area contributed by atoms with Crippen LogP contribution in [-0.4, -0.2) is 22.0 Å². The molecule has 1 aromatic heterocycles. The number of benzene rings is 1. The van der Waals surface area contributed by atoms with E-state index in [0.29, 0.717) is 6.42 Å². The number of carboxylic acid groups (broad SMARTS) is 1. The molecule has 20 heavy (non-hydrogen) atoms. The molecule has 0 bridgehead atoms. The fraction of sp³-hybridized carbons (Fsp3) is 0.133. The molecule has 0 radical (unpaired) electrons. The summed E-state index contributed by atoms with van der Waals surface area (Å²) in [5, 5.41) is 11.5. The van der Waals surface area contributed by atoms with E-state index in [1.54, 1.807) is 0 Å². The molecule has 0 unspecified atom stereocenters. The highest BCUT2D eigenvalue weighted by molar-refractivity contribution is 5.99. The van der Waals surface area contributed by atoms with E-state index in [0.717, 1.165) is 5.56 Å². The summed E-state index contributed by atoms with van der Waals surface area (Å²) >= 11 is 0. The van der Waals surface area contributed by atoms with Crippen molar-refractivity contribution in [2.24, 2.45) is 0 Å². The fourth-order valence-corrected chi connectivity index (χ4v) is 1.77. The Morgan fingerprint density at radius 3 is 2.55 bits per heavy atom. The lowest BCUT2D eigenvalue weighted by atomic mass is 10.1. The van der Waals surface area contributed by atoms with Crippen molar-refractivity contribution in [3.8, 4) is 0 Å². The van der Waals surface area contributed by atoms with Crippen molar-refractivity contribution in [2.75, 3.05) is 5.32 Å². The topological polar surface area (TPSA) is 79.3 Å². The normalized spacial score (nSPS) is 10.0. The molecule has 0 aliphatic rings. The van der Waals surface area contributed by atoms with Crippen LogP contribution in [-0.2, 0) is 11.2 Å². The van der Waals surface area contributed by atoms with Crippen molar-refractivity contribution in [2.45, 2.75) is 12.8 Å². The van der Waals surface area contributed by atoms with Gasteiger partial charge in [0.2, 0.25) is 5.91 Å². The van der Waals surface area contributed by atoms with Crippen LogP contribution in [0.1, 0.15) is 22.3 Å². The van der Waals surface area contributed by atoms with Gasteiger partial charge in [-0.25, -0.2) is 9.78 Å². The number of carboxylic acids is 1. The molecule has 1 aromatic carbocycles. The predicted octanol–water partition coefficient (Wildman–Crippen LogP) is 2.35. The molecular weight excluding hydrogens is 256 g/mol. The van der Waals surface area contributed by atoms with E-state index >= 15 is 0 Å². The molecule has 2 N–H and O–H groups in total. The molecule has 2 rings (SSSR count). The third-order valence-corrected chi connectivity index (χ3v) is 2.78. The number of aryl methyl sites for hydroxylation is 1. The van der Waals surface area contributed by atoms with Crippen molar-refractivity contribution in [1.29, 1.82) is 0 Å². The van der Waals surface area contributed by atoms with E-state index in [9.17, 15) is 9.59 Å². The van der Waals surface area contributed by atoms with Gasteiger partial charge in [0, 0.05) is 12.6 Å². The monoisotopic (exact) mass is 270 g/mol. The van der Waals surface area contributed by atoms with E-state index in [-0.39, 0.29) is 23.7 Å². The van der Waals surface area contributed by atoms with E-state index in [1.807, 2.05) is 30.3 Å². The molecule has 0 fully saturated rings. The van der Waals surface area contributed by atoms with Gasteiger partial charge >= 0.3 is 5.97 Å². The Morgan fingerprint density at radius 2 is 1.85 bits per heavy atom. The first-order valence-corrected chi connectivity index (χ1v) is 6.19. The highest BCUT2D eigenvalue weighted by Crippen LogP contribution is 2.12. The number of carbonyl (C=O) groups excluding carboxylic acids is 1. The molecule has 2 aromatic rings. The van der Waals surface area contributed by atoms with Crippen molar-refractivity contribution >= 4 is 17.7 Å². The first-order chi connectivity index (χ1) is 9.66. The van der Waals surface area contributed by atoms with E-state index in [4.69, 9.17) is 5.11 Å². The minimum Gasteiger partial charge on any atom is -0.478 e. The second kappa shape index (κ2) is 6.47. The van der Waals surface area contributed by atoms with Crippen LogP contribution in [0.3, 0.4) is 0 Å². The summed E-state index contributed by atoms with van der Waals surface area (Å²) in [6.45, 7) is 0. The molecule has 5 heteroatoms. The van der Waals surface area contributed by atoms with Gasteiger partial charge < -0.3 is 10.4 Å². The molecule has 0 aliphatic carbocycles. The standard InChI is InChI=1S/C15H14N2O3/c18-13(9-8-11-5-2-1-3-6-11)17-14-12(15(19)20)7-4-10-16-14/h1-7,10H,8-9H2,(H,19,20)(H,16,17,18). The zero-order chi connectivity index (χ0) is 14.4. The number of pyridine rings is 1. The first kappa shape index (κ1) is 13.7. The van der Waals surface area contributed by atoms with E-state index in [2.05, 4.69) is 10.3 Å². The number of hydrogen-bond donors (Lipinski definition) is 2. The van der Waals surface area contributed by atoms with Crippen LogP contribution in [0.25, 0.3) is 0 Å². The van der Waals surface area contributed by atoms with Gasteiger partial charge in [-0.3, -0.25) is 4.79 Å². The van der Waals surface area contributed by atoms with Gasteiger partial charge in [0.25, 0.3) is 0 Å². The third-order valence-electron chi connectivity index (χ3n) is 2.78. The number of aromatic carboxylic acids is 1. The molecule has 1 amide bonds. The van der Waals surface area contributed by atoms with Crippen molar-refractivity contribution < 1.29 is 14.7 Å². The van der Waals surface area contributed by atoms with Crippen LogP contribution in [0.2, 0.25) is 0 Å². The second-order valence-corrected chi connectivity index (χ2v) is 4.24. The summed E-state index contributed by atoms with van der Waals surface area (Å²) in [4.78, 5) is 26.7. The number of rotatable bonds is 5. The van der Waals surface area contributed by atoms with Crippen molar-refractivity contribution in [3.63, 3.8) is 0 Å². The van der Waals surface area contributed by atoms with Gasteiger partial charge in [-0.1, -0.05) is 30.3 Å². The molecule has 5 nitrogen and oxygen atoms in total. The van der Waals surface area contributed by atoms with Gasteiger partial charge in [-0.2, -0.15) is 0 Å². The SMILES string of the molecule is O=C(CCc1ccccc1)Nc1ncccc1C(=O)O. The summed E-state index contributed by atoms with van der Waals surface area (Å²) < 4.78 is 0. The zero-order valence-electron chi connectivity index (χ0n) is 10.7. The van der Waals surface area contributed by atoms with Gasteiger partial charge in [-0.05, 0) is 24.1 Å². The highest BCUT2D eigenvalue weighted by Gasteiger charge is 2.12. The van der Waals surface area contributed by atoms with Crippen LogP contribution < -0.4 is 5.32 Å². The van der Waals surface area contributed by atoms with Crippen LogP contribution in [0, 0.1) is 0 Å². The maximum atomic E-state index is 11.8. The second-order valence-electron chi connectivity index (χ2n) is 4.24. The smallest absolute Gasteiger partial charge is 0.339 e. The largest absolute Gasteiger partial charge is 0.478 e. The molecule has 0 saturated heterocycles. The molecular formula is C15H14N2O3. The summed E-state index contributed by atoms with van der Waals surface area (Å²) in [6.07, 6.45) is 2.32. The maximum absolute atomic E-state index is 11.8. The molecule has 0 aliphatic heterocycles. The number of hydrogen-bond acceptors (Lipinski definition) is 3. The van der Waals surface area contributed by atoms with Crippen molar-refractivity contribution in [1.82, 2.24) is 4.98 Å². The Balaban J connectivity index is 1.97.